The minimum Gasteiger partial charge on any atom is -0.298 e. The molecule has 1 aliphatic rings. The molecule has 0 aliphatic carbocycles. The normalized spacial score (nSPS) is 18.6. The van der Waals surface area contributed by atoms with Gasteiger partial charge in [0.25, 0.3) is 0 Å². The van der Waals surface area contributed by atoms with Gasteiger partial charge in [-0.25, -0.2) is 8.42 Å². The molecule has 0 amide bonds. The molecule has 0 unspecified atom stereocenters. The molecule has 1 fully saturated rings. The topological polar surface area (TPSA) is 40.6 Å². The molecule has 0 N–H and O–H groups in total. The van der Waals surface area contributed by atoms with Crippen LogP contribution in [0.1, 0.15) is 19.4 Å². The number of hydrogen-bond donors (Lipinski definition) is 0. The van der Waals surface area contributed by atoms with E-state index in [1.54, 1.807) is 22.5 Å². The fourth-order valence-corrected chi connectivity index (χ4v) is 4.04. The molecule has 112 valence electrons. The highest BCUT2D eigenvalue weighted by Crippen LogP contribution is 2.23. The van der Waals surface area contributed by atoms with E-state index in [1.165, 1.54) is 0 Å². The van der Waals surface area contributed by atoms with Crippen molar-refractivity contribution < 1.29 is 8.42 Å². The van der Waals surface area contributed by atoms with E-state index in [-0.39, 0.29) is 4.90 Å². The Bertz CT molecular complexity index is 579. The van der Waals surface area contributed by atoms with E-state index in [0.717, 1.165) is 18.7 Å². The maximum Gasteiger partial charge on any atom is 0.243 e. The van der Waals surface area contributed by atoms with Crippen molar-refractivity contribution in [3.8, 4) is 0 Å². The van der Waals surface area contributed by atoms with Gasteiger partial charge in [0.2, 0.25) is 10.0 Å². The van der Waals surface area contributed by atoms with Crippen molar-refractivity contribution >= 4 is 21.6 Å². The first-order chi connectivity index (χ1) is 9.32. The molecule has 0 atom stereocenters. The quantitative estimate of drug-likeness (QED) is 0.859. The van der Waals surface area contributed by atoms with Crippen LogP contribution in [0.15, 0.2) is 23.1 Å². The number of hydrogen-bond acceptors (Lipinski definition) is 3. The van der Waals surface area contributed by atoms with Crippen molar-refractivity contribution in [2.45, 2.75) is 31.7 Å². The van der Waals surface area contributed by atoms with Crippen LogP contribution < -0.4 is 0 Å². The second kappa shape index (κ2) is 6.02. The summed E-state index contributed by atoms with van der Waals surface area (Å²) in [7, 11) is -3.43. The number of halogens is 1. The maximum absolute atomic E-state index is 12.6. The summed E-state index contributed by atoms with van der Waals surface area (Å²) < 4.78 is 26.7. The van der Waals surface area contributed by atoms with Crippen LogP contribution in [0, 0.1) is 6.92 Å². The van der Waals surface area contributed by atoms with Crippen molar-refractivity contribution in [2.24, 2.45) is 0 Å². The Balaban J connectivity index is 2.17. The number of aryl methyl sites for hydroxylation is 1. The van der Waals surface area contributed by atoms with Crippen LogP contribution in [-0.2, 0) is 10.0 Å². The molecule has 0 saturated carbocycles. The predicted octanol–water partition coefficient (Wildman–Crippen LogP) is 2.36. The molecule has 4 nitrogen and oxygen atoms in total. The Kier molecular flexibility index (Phi) is 4.74. The lowest BCUT2D eigenvalue weighted by Gasteiger charge is -2.36. The third kappa shape index (κ3) is 3.17. The largest absolute Gasteiger partial charge is 0.298 e. The Morgan fingerprint density at radius 1 is 1.15 bits per heavy atom. The van der Waals surface area contributed by atoms with Crippen LogP contribution in [0.2, 0.25) is 5.02 Å². The average Bonchev–Trinajstić information content (AvgIpc) is 2.41. The standard InChI is InChI=1S/C14H21ClN2O2S/c1-11(2)16-6-8-17(9-7-16)20(18,19)13-5-4-12(3)14(15)10-13/h4-5,10-11H,6-9H2,1-3H3. The lowest BCUT2D eigenvalue weighted by Crippen LogP contribution is -2.50. The van der Waals surface area contributed by atoms with Crippen molar-refractivity contribution in [2.75, 3.05) is 26.2 Å². The molecule has 1 heterocycles. The summed E-state index contributed by atoms with van der Waals surface area (Å²) in [4.78, 5) is 2.57. The highest BCUT2D eigenvalue weighted by molar-refractivity contribution is 7.89. The fourth-order valence-electron chi connectivity index (χ4n) is 2.34. The molecule has 0 bridgehead atoms. The molecular formula is C14H21ClN2O2S. The van der Waals surface area contributed by atoms with E-state index < -0.39 is 10.0 Å². The third-order valence-corrected chi connectivity index (χ3v) is 6.09. The SMILES string of the molecule is Cc1ccc(S(=O)(=O)N2CCN(C(C)C)CC2)cc1Cl. The van der Waals surface area contributed by atoms with Gasteiger partial charge < -0.3 is 0 Å². The second-order valence-electron chi connectivity index (χ2n) is 5.44. The minimum absolute atomic E-state index is 0.283. The molecular weight excluding hydrogens is 296 g/mol. The zero-order chi connectivity index (χ0) is 14.9. The van der Waals surface area contributed by atoms with E-state index >= 15 is 0 Å². The van der Waals surface area contributed by atoms with Gasteiger partial charge in [-0.05, 0) is 38.5 Å². The zero-order valence-electron chi connectivity index (χ0n) is 12.1. The van der Waals surface area contributed by atoms with Gasteiger partial charge in [0.1, 0.15) is 0 Å². The highest BCUT2D eigenvalue weighted by Gasteiger charge is 2.29. The first-order valence-electron chi connectivity index (χ1n) is 6.82. The van der Waals surface area contributed by atoms with Gasteiger partial charge >= 0.3 is 0 Å². The van der Waals surface area contributed by atoms with Crippen molar-refractivity contribution in [1.82, 2.24) is 9.21 Å². The van der Waals surface area contributed by atoms with Crippen LogP contribution in [0.4, 0.5) is 0 Å². The van der Waals surface area contributed by atoms with Gasteiger partial charge in [-0.1, -0.05) is 17.7 Å². The van der Waals surface area contributed by atoms with Gasteiger partial charge in [0.15, 0.2) is 0 Å². The van der Waals surface area contributed by atoms with Crippen molar-refractivity contribution in [3.63, 3.8) is 0 Å². The average molecular weight is 317 g/mol. The molecule has 6 heteroatoms. The lowest BCUT2D eigenvalue weighted by atomic mass is 10.2. The van der Waals surface area contributed by atoms with Gasteiger partial charge in [0, 0.05) is 37.2 Å². The molecule has 1 aromatic rings. The third-order valence-electron chi connectivity index (χ3n) is 3.78. The summed E-state index contributed by atoms with van der Waals surface area (Å²) in [5.74, 6) is 0. The van der Waals surface area contributed by atoms with E-state index in [0.29, 0.717) is 24.2 Å². The van der Waals surface area contributed by atoms with Crippen LogP contribution >= 0.6 is 11.6 Å². The van der Waals surface area contributed by atoms with Crippen molar-refractivity contribution in [3.05, 3.63) is 28.8 Å². The van der Waals surface area contributed by atoms with Gasteiger partial charge in [-0.3, -0.25) is 4.90 Å². The molecule has 0 spiro atoms. The lowest BCUT2D eigenvalue weighted by molar-refractivity contribution is 0.154. The first-order valence-corrected chi connectivity index (χ1v) is 8.64. The van der Waals surface area contributed by atoms with E-state index in [4.69, 9.17) is 11.6 Å². The predicted molar refractivity (Wildman–Crippen MR) is 81.7 cm³/mol. The van der Waals surface area contributed by atoms with E-state index in [9.17, 15) is 8.42 Å². The van der Waals surface area contributed by atoms with Crippen LogP contribution in [0.5, 0.6) is 0 Å². The second-order valence-corrected chi connectivity index (χ2v) is 7.79. The Morgan fingerprint density at radius 2 is 1.75 bits per heavy atom. The maximum atomic E-state index is 12.6. The monoisotopic (exact) mass is 316 g/mol. The molecule has 20 heavy (non-hydrogen) atoms. The number of rotatable bonds is 3. The summed E-state index contributed by atoms with van der Waals surface area (Å²) in [6.45, 7) is 8.74. The van der Waals surface area contributed by atoms with Crippen LogP contribution in [0.3, 0.4) is 0 Å². The van der Waals surface area contributed by atoms with Crippen LogP contribution in [-0.4, -0.2) is 49.8 Å². The fraction of sp³-hybridized carbons (Fsp3) is 0.571. The van der Waals surface area contributed by atoms with Gasteiger partial charge in [-0.2, -0.15) is 4.31 Å². The number of nitrogens with zero attached hydrogens (tertiary/aromatic N) is 2. The molecule has 1 aliphatic heterocycles. The summed E-state index contributed by atoms with van der Waals surface area (Å²) in [5.41, 5.74) is 0.884. The van der Waals surface area contributed by atoms with E-state index in [2.05, 4.69) is 18.7 Å². The Morgan fingerprint density at radius 3 is 2.25 bits per heavy atom. The Hall–Kier alpha value is -0.620. The molecule has 0 radical (unpaired) electrons. The summed E-state index contributed by atoms with van der Waals surface area (Å²) in [6, 6.07) is 5.38. The smallest absolute Gasteiger partial charge is 0.243 e. The zero-order valence-corrected chi connectivity index (χ0v) is 13.7. The number of piperazine rings is 1. The summed E-state index contributed by atoms with van der Waals surface area (Å²) in [6.07, 6.45) is 0. The van der Waals surface area contributed by atoms with E-state index in [1.807, 2.05) is 6.92 Å². The van der Waals surface area contributed by atoms with Crippen LogP contribution in [0.25, 0.3) is 0 Å². The molecule has 1 aromatic carbocycles. The van der Waals surface area contributed by atoms with Gasteiger partial charge in [-0.15, -0.1) is 0 Å². The van der Waals surface area contributed by atoms with Gasteiger partial charge in [0.05, 0.1) is 4.90 Å². The Labute approximate surface area is 126 Å². The van der Waals surface area contributed by atoms with Crippen molar-refractivity contribution in [1.29, 1.82) is 0 Å². The molecule has 0 aromatic heterocycles. The molecule has 1 saturated heterocycles. The first kappa shape index (κ1) is 15.8. The molecule has 2 rings (SSSR count). The highest BCUT2D eigenvalue weighted by atomic mass is 35.5. The minimum atomic E-state index is -3.43. The number of sulfonamides is 1. The number of benzene rings is 1. The summed E-state index contributed by atoms with van der Waals surface area (Å²) in [5, 5.41) is 0.492. The summed E-state index contributed by atoms with van der Waals surface area (Å²) >= 11 is 6.03.